The van der Waals surface area contributed by atoms with Gasteiger partial charge in [-0.1, -0.05) is 27.7 Å². The topological polar surface area (TPSA) is 67.8 Å². The number of quaternary nitrogens is 1. The lowest BCUT2D eigenvalue weighted by Gasteiger charge is -2.37. The van der Waals surface area contributed by atoms with E-state index in [9.17, 15) is 9.90 Å². The van der Waals surface area contributed by atoms with Crippen molar-refractivity contribution in [1.29, 1.82) is 0 Å². The van der Waals surface area contributed by atoms with E-state index in [2.05, 4.69) is 25.8 Å². The van der Waals surface area contributed by atoms with Gasteiger partial charge < -0.3 is 14.4 Å². The Kier molecular flexibility index (Phi) is 5.02. The first kappa shape index (κ1) is 21.7. The van der Waals surface area contributed by atoms with Gasteiger partial charge in [0.25, 0.3) is 0 Å². The van der Waals surface area contributed by atoms with Crippen molar-refractivity contribution >= 4 is 22.3 Å². The zero-order valence-electron chi connectivity index (χ0n) is 19.7. The Bertz CT molecular complexity index is 1260. The van der Waals surface area contributed by atoms with Crippen LogP contribution in [-0.2, 0) is 13.0 Å². The molecule has 32 heavy (non-hydrogen) atoms. The summed E-state index contributed by atoms with van der Waals surface area (Å²) in [6.07, 6.45) is 5.86. The normalized spacial score (nSPS) is 26.7. The SMILES string of the molecule is CCc1cc2c(=O)c(-c3nc(C)cs3)coc2c(C[NH+]2C[C@]3(C)C[C@H]2CC(C)(C)C3)c1O. The number of benzene rings is 1. The van der Waals surface area contributed by atoms with Crippen LogP contribution in [0.1, 0.15) is 63.8 Å². The first-order valence-electron chi connectivity index (χ1n) is 11.7. The number of aryl methyl sites for hydroxylation is 2. The molecule has 170 valence electrons. The Morgan fingerprint density at radius 2 is 2.09 bits per heavy atom. The van der Waals surface area contributed by atoms with E-state index in [0.717, 1.165) is 23.4 Å². The van der Waals surface area contributed by atoms with E-state index < -0.39 is 0 Å². The number of hydrogen-bond acceptors (Lipinski definition) is 5. The van der Waals surface area contributed by atoms with Gasteiger partial charge in [0.15, 0.2) is 0 Å². The minimum absolute atomic E-state index is 0.0696. The molecule has 1 aliphatic heterocycles. The van der Waals surface area contributed by atoms with Crippen LogP contribution in [0.15, 0.2) is 26.9 Å². The van der Waals surface area contributed by atoms with E-state index in [0.29, 0.717) is 57.1 Å². The second kappa shape index (κ2) is 7.42. The zero-order chi connectivity index (χ0) is 22.8. The summed E-state index contributed by atoms with van der Waals surface area (Å²) in [5.41, 5.74) is 4.12. The first-order chi connectivity index (χ1) is 15.1. The Morgan fingerprint density at radius 1 is 1.31 bits per heavy atom. The minimum Gasteiger partial charge on any atom is -0.507 e. The zero-order valence-corrected chi connectivity index (χ0v) is 20.5. The number of hydrogen-bond donors (Lipinski definition) is 2. The number of aromatic hydroxyl groups is 1. The Labute approximate surface area is 193 Å². The fraction of sp³-hybridized carbons (Fsp3) is 0.538. The van der Waals surface area contributed by atoms with Gasteiger partial charge in [-0.3, -0.25) is 4.79 Å². The summed E-state index contributed by atoms with van der Waals surface area (Å²) in [5, 5.41) is 14.3. The molecule has 2 aliphatic rings. The molecule has 2 fully saturated rings. The van der Waals surface area contributed by atoms with Gasteiger partial charge in [-0.05, 0) is 36.8 Å². The summed E-state index contributed by atoms with van der Waals surface area (Å²) < 4.78 is 6.08. The van der Waals surface area contributed by atoms with Gasteiger partial charge in [0.05, 0.1) is 29.1 Å². The molecule has 1 aromatic carbocycles. The summed E-state index contributed by atoms with van der Waals surface area (Å²) in [6, 6.07) is 2.39. The fourth-order valence-electron chi connectivity index (χ4n) is 6.63. The lowest BCUT2D eigenvalue weighted by molar-refractivity contribution is -0.928. The molecule has 2 bridgehead atoms. The molecule has 0 spiro atoms. The lowest BCUT2D eigenvalue weighted by atomic mass is 9.65. The van der Waals surface area contributed by atoms with E-state index in [1.54, 1.807) is 0 Å². The number of phenolic OH excluding ortho intramolecular Hbond substituents is 1. The van der Waals surface area contributed by atoms with Crippen LogP contribution in [-0.4, -0.2) is 22.7 Å². The highest BCUT2D eigenvalue weighted by Gasteiger charge is 2.52. The summed E-state index contributed by atoms with van der Waals surface area (Å²) in [7, 11) is 0. The van der Waals surface area contributed by atoms with Crippen LogP contribution >= 0.6 is 11.3 Å². The third-order valence-corrected chi connectivity index (χ3v) is 8.51. The number of nitrogens with one attached hydrogen (secondary N) is 1. The minimum atomic E-state index is -0.0696. The van der Waals surface area contributed by atoms with Crippen molar-refractivity contribution in [2.45, 2.75) is 72.9 Å². The van der Waals surface area contributed by atoms with Crippen LogP contribution in [0, 0.1) is 17.8 Å². The van der Waals surface area contributed by atoms with Crippen molar-refractivity contribution in [2.24, 2.45) is 10.8 Å². The van der Waals surface area contributed by atoms with Gasteiger partial charge in [-0.15, -0.1) is 11.3 Å². The molecule has 5 nitrogen and oxygen atoms in total. The number of likely N-dealkylation sites (tertiary alicyclic amines) is 1. The second-order valence-corrected chi connectivity index (χ2v) is 12.0. The molecular weight excluding hydrogens is 420 g/mol. The first-order valence-corrected chi connectivity index (χ1v) is 12.5. The third-order valence-electron chi connectivity index (χ3n) is 7.52. The molecule has 5 rings (SSSR count). The molecule has 0 amide bonds. The molecule has 3 aromatic rings. The quantitative estimate of drug-likeness (QED) is 0.611. The fourth-order valence-corrected chi connectivity index (χ4v) is 7.43. The summed E-state index contributed by atoms with van der Waals surface area (Å²) in [5.74, 6) is 0.291. The van der Waals surface area contributed by atoms with Crippen LogP contribution in [0.5, 0.6) is 5.75 Å². The van der Waals surface area contributed by atoms with Gasteiger partial charge in [0.2, 0.25) is 5.43 Å². The average Bonchev–Trinajstić information content (AvgIpc) is 3.23. The summed E-state index contributed by atoms with van der Waals surface area (Å²) >= 11 is 1.45. The Morgan fingerprint density at radius 3 is 2.78 bits per heavy atom. The van der Waals surface area contributed by atoms with Gasteiger partial charge in [0.1, 0.15) is 29.1 Å². The van der Waals surface area contributed by atoms with E-state index in [1.807, 2.05) is 25.3 Å². The highest BCUT2D eigenvalue weighted by atomic mass is 32.1. The third kappa shape index (κ3) is 3.57. The van der Waals surface area contributed by atoms with Crippen LogP contribution in [0.4, 0.5) is 0 Å². The summed E-state index contributed by atoms with van der Waals surface area (Å²) in [6.45, 7) is 12.9. The Balaban J connectivity index is 1.61. The largest absolute Gasteiger partial charge is 0.507 e. The standard InChI is InChI=1S/C26H32N2O3S/c1-6-16-7-18-22(30)20(24-27-15(2)12-32-24)11-31-23(18)19(21(16)29)10-28-14-26(5)9-17(28)8-25(3,4)13-26/h7,11-12,17,29H,6,8-10,13-14H2,1-5H3/p+1/t17-,26-/m1/s1. The predicted octanol–water partition coefficient (Wildman–Crippen LogP) is 4.48. The van der Waals surface area contributed by atoms with E-state index in [1.165, 1.54) is 41.8 Å². The number of thiazole rings is 1. The molecule has 1 saturated heterocycles. The number of nitrogens with zero attached hydrogens (tertiary/aromatic N) is 1. The van der Waals surface area contributed by atoms with Crippen molar-refractivity contribution in [1.82, 2.24) is 4.98 Å². The van der Waals surface area contributed by atoms with Crippen molar-refractivity contribution in [3.8, 4) is 16.3 Å². The number of fused-ring (bicyclic) bond motifs is 3. The summed E-state index contributed by atoms with van der Waals surface area (Å²) in [4.78, 5) is 19.4. The van der Waals surface area contributed by atoms with E-state index in [4.69, 9.17) is 4.42 Å². The van der Waals surface area contributed by atoms with E-state index in [-0.39, 0.29) is 5.43 Å². The molecule has 3 heterocycles. The number of rotatable bonds is 4. The molecule has 0 radical (unpaired) electrons. The van der Waals surface area contributed by atoms with Crippen molar-refractivity contribution in [3.05, 3.63) is 44.8 Å². The maximum absolute atomic E-state index is 13.4. The number of phenols is 1. The predicted molar refractivity (Wildman–Crippen MR) is 128 cm³/mol. The second-order valence-electron chi connectivity index (χ2n) is 11.1. The molecule has 1 unspecified atom stereocenters. The van der Waals surface area contributed by atoms with Crippen LogP contribution < -0.4 is 10.3 Å². The highest BCUT2D eigenvalue weighted by Crippen LogP contribution is 2.47. The Hall–Kier alpha value is -2.18. The van der Waals surface area contributed by atoms with Crippen molar-refractivity contribution in [2.75, 3.05) is 6.54 Å². The monoisotopic (exact) mass is 453 g/mol. The molecule has 1 aliphatic carbocycles. The molecule has 2 N–H and O–H groups in total. The van der Waals surface area contributed by atoms with Crippen LogP contribution in [0.3, 0.4) is 0 Å². The van der Waals surface area contributed by atoms with Crippen molar-refractivity contribution in [3.63, 3.8) is 0 Å². The maximum atomic E-state index is 13.4. The maximum Gasteiger partial charge on any atom is 0.202 e. The van der Waals surface area contributed by atoms with E-state index >= 15 is 0 Å². The van der Waals surface area contributed by atoms with Crippen LogP contribution in [0.25, 0.3) is 21.5 Å². The van der Waals surface area contributed by atoms with Gasteiger partial charge in [-0.2, -0.15) is 0 Å². The molecule has 6 heteroatoms. The van der Waals surface area contributed by atoms with Crippen LogP contribution in [0.2, 0.25) is 0 Å². The molecule has 1 saturated carbocycles. The van der Waals surface area contributed by atoms with Gasteiger partial charge in [0, 0.05) is 29.3 Å². The highest BCUT2D eigenvalue weighted by molar-refractivity contribution is 7.13. The molecular formula is C26H33N2O3S+. The average molecular weight is 454 g/mol. The van der Waals surface area contributed by atoms with Crippen molar-refractivity contribution < 1.29 is 14.4 Å². The number of aromatic nitrogens is 1. The lowest BCUT2D eigenvalue weighted by Crippen LogP contribution is -3.12. The van der Waals surface area contributed by atoms with Gasteiger partial charge in [-0.25, -0.2) is 4.98 Å². The molecule has 3 atom stereocenters. The molecule has 2 aromatic heterocycles. The van der Waals surface area contributed by atoms with Gasteiger partial charge >= 0.3 is 0 Å². The smallest absolute Gasteiger partial charge is 0.202 e.